The Morgan fingerprint density at radius 3 is 2.33 bits per heavy atom. The highest BCUT2D eigenvalue weighted by atomic mass is 79.9. The third-order valence-corrected chi connectivity index (χ3v) is 3.79. The molecule has 0 aliphatic rings. The maximum absolute atomic E-state index is 12.9. The zero-order valence-corrected chi connectivity index (χ0v) is 12.4. The van der Waals surface area contributed by atoms with E-state index in [2.05, 4.69) is 21.2 Å². The van der Waals surface area contributed by atoms with Gasteiger partial charge in [0, 0.05) is 0 Å². The Kier molecular flexibility index (Phi) is 4.70. The summed E-state index contributed by atoms with van der Waals surface area (Å²) < 4.78 is 12.9. The van der Waals surface area contributed by atoms with E-state index in [4.69, 9.17) is 5.73 Å². The highest BCUT2D eigenvalue weighted by Gasteiger charge is 2.19. The molecule has 0 fully saturated rings. The Morgan fingerprint density at radius 2 is 1.71 bits per heavy atom. The SMILES string of the molecule is NC(=O)c1ccccc1NC(=O)C(Br)c1ccc(F)cc1. The molecule has 2 amide bonds. The molecule has 2 aromatic carbocycles. The van der Waals surface area contributed by atoms with Crippen molar-refractivity contribution < 1.29 is 14.0 Å². The standard InChI is InChI=1S/C15H12BrFN2O2/c16-13(9-5-7-10(17)8-6-9)15(21)19-12-4-2-1-3-11(12)14(18)20/h1-8,13H,(H2,18,20)(H,19,21). The van der Waals surface area contributed by atoms with E-state index in [-0.39, 0.29) is 17.3 Å². The van der Waals surface area contributed by atoms with E-state index in [0.29, 0.717) is 11.3 Å². The number of carbonyl (C=O) groups excluding carboxylic acids is 2. The summed E-state index contributed by atoms with van der Waals surface area (Å²) in [4.78, 5) is 22.8. The van der Waals surface area contributed by atoms with Crippen molar-refractivity contribution in [1.82, 2.24) is 0 Å². The van der Waals surface area contributed by atoms with Crippen LogP contribution >= 0.6 is 15.9 Å². The quantitative estimate of drug-likeness (QED) is 0.832. The Hall–Kier alpha value is -2.21. The van der Waals surface area contributed by atoms with Gasteiger partial charge in [0.05, 0.1) is 11.3 Å². The van der Waals surface area contributed by atoms with Crippen LogP contribution in [0.5, 0.6) is 0 Å². The average Bonchev–Trinajstić information content (AvgIpc) is 2.47. The number of para-hydroxylation sites is 1. The molecule has 0 radical (unpaired) electrons. The number of nitrogens with two attached hydrogens (primary N) is 1. The van der Waals surface area contributed by atoms with E-state index in [9.17, 15) is 14.0 Å². The zero-order valence-electron chi connectivity index (χ0n) is 10.8. The van der Waals surface area contributed by atoms with E-state index in [1.165, 1.54) is 30.3 Å². The zero-order chi connectivity index (χ0) is 15.4. The lowest BCUT2D eigenvalue weighted by molar-refractivity contribution is -0.115. The Morgan fingerprint density at radius 1 is 1.10 bits per heavy atom. The van der Waals surface area contributed by atoms with E-state index in [1.54, 1.807) is 18.2 Å². The van der Waals surface area contributed by atoms with Crippen LogP contribution in [0.15, 0.2) is 48.5 Å². The van der Waals surface area contributed by atoms with Crippen LogP contribution in [0.4, 0.5) is 10.1 Å². The third-order valence-electron chi connectivity index (χ3n) is 2.84. The molecule has 2 rings (SSSR count). The fraction of sp³-hybridized carbons (Fsp3) is 0.0667. The first-order valence-electron chi connectivity index (χ1n) is 6.08. The monoisotopic (exact) mass is 350 g/mol. The van der Waals surface area contributed by atoms with Crippen LogP contribution in [0.3, 0.4) is 0 Å². The predicted molar refractivity (Wildman–Crippen MR) is 81.7 cm³/mol. The molecule has 0 aliphatic carbocycles. The number of carbonyl (C=O) groups is 2. The topological polar surface area (TPSA) is 72.2 Å². The highest BCUT2D eigenvalue weighted by Crippen LogP contribution is 2.25. The van der Waals surface area contributed by atoms with Crippen LogP contribution in [0.25, 0.3) is 0 Å². The van der Waals surface area contributed by atoms with Gasteiger partial charge in [0.1, 0.15) is 10.6 Å². The smallest absolute Gasteiger partial charge is 0.250 e. The lowest BCUT2D eigenvalue weighted by Crippen LogP contribution is -2.20. The highest BCUT2D eigenvalue weighted by molar-refractivity contribution is 9.09. The van der Waals surface area contributed by atoms with Gasteiger partial charge in [-0.1, -0.05) is 40.2 Å². The van der Waals surface area contributed by atoms with Crippen LogP contribution in [-0.2, 0) is 4.79 Å². The number of primary amides is 1. The molecule has 4 nitrogen and oxygen atoms in total. The summed E-state index contributed by atoms with van der Waals surface area (Å²) in [6.07, 6.45) is 0. The summed E-state index contributed by atoms with van der Waals surface area (Å²) in [6, 6.07) is 12.0. The van der Waals surface area contributed by atoms with Crippen molar-refractivity contribution in [3.05, 3.63) is 65.5 Å². The summed E-state index contributed by atoms with van der Waals surface area (Å²) in [7, 11) is 0. The second-order valence-corrected chi connectivity index (χ2v) is 5.23. The van der Waals surface area contributed by atoms with Gasteiger partial charge in [0.25, 0.3) is 5.91 Å². The lowest BCUT2D eigenvalue weighted by atomic mass is 10.1. The molecule has 2 aromatic rings. The first kappa shape index (κ1) is 15.2. The molecule has 0 heterocycles. The second-order valence-electron chi connectivity index (χ2n) is 4.31. The minimum Gasteiger partial charge on any atom is -0.366 e. The van der Waals surface area contributed by atoms with Crippen molar-refractivity contribution in [3.63, 3.8) is 0 Å². The number of anilines is 1. The largest absolute Gasteiger partial charge is 0.366 e. The van der Waals surface area contributed by atoms with Crippen molar-refractivity contribution in [2.24, 2.45) is 5.73 Å². The first-order chi connectivity index (χ1) is 9.99. The molecule has 0 saturated carbocycles. The van der Waals surface area contributed by atoms with Gasteiger partial charge in [-0.05, 0) is 29.8 Å². The van der Waals surface area contributed by atoms with Crippen LogP contribution in [0, 0.1) is 5.82 Å². The first-order valence-corrected chi connectivity index (χ1v) is 7.00. The number of rotatable bonds is 4. The van der Waals surface area contributed by atoms with Gasteiger partial charge in [-0.25, -0.2) is 4.39 Å². The number of hydrogen-bond donors (Lipinski definition) is 2. The molecule has 108 valence electrons. The second kappa shape index (κ2) is 6.49. The molecule has 3 N–H and O–H groups in total. The summed E-state index contributed by atoms with van der Waals surface area (Å²) in [5.41, 5.74) is 6.41. The van der Waals surface area contributed by atoms with Crippen molar-refractivity contribution in [2.75, 3.05) is 5.32 Å². The number of benzene rings is 2. The van der Waals surface area contributed by atoms with Crippen molar-refractivity contribution in [3.8, 4) is 0 Å². The predicted octanol–water partition coefficient (Wildman–Crippen LogP) is 3.00. The molecule has 1 unspecified atom stereocenters. The van der Waals surface area contributed by atoms with E-state index in [1.807, 2.05) is 0 Å². The average molecular weight is 351 g/mol. The number of alkyl halides is 1. The van der Waals surface area contributed by atoms with E-state index >= 15 is 0 Å². The number of nitrogens with one attached hydrogen (secondary N) is 1. The van der Waals surface area contributed by atoms with Crippen LogP contribution in [-0.4, -0.2) is 11.8 Å². The van der Waals surface area contributed by atoms with Crippen molar-refractivity contribution in [1.29, 1.82) is 0 Å². The van der Waals surface area contributed by atoms with Crippen LogP contribution < -0.4 is 11.1 Å². The number of halogens is 2. The Bertz CT molecular complexity index is 674. The normalized spacial score (nSPS) is 11.7. The van der Waals surface area contributed by atoms with Gasteiger partial charge in [-0.15, -0.1) is 0 Å². The molecule has 0 aromatic heterocycles. The maximum Gasteiger partial charge on any atom is 0.250 e. The Labute approximate surface area is 129 Å². The maximum atomic E-state index is 12.9. The Balaban J connectivity index is 2.18. The van der Waals surface area contributed by atoms with Crippen LogP contribution in [0.1, 0.15) is 20.7 Å². The molecular formula is C15H12BrFN2O2. The minimum absolute atomic E-state index is 0.227. The summed E-state index contributed by atoms with van der Waals surface area (Å²) >= 11 is 3.24. The summed E-state index contributed by atoms with van der Waals surface area (Å²) in [5.74, 6) is -1.38. The fourth-order valence-corrected chi connectivity index (χ4v) is 2.21. The number of hydrogen-bond acceptors (Lipinski definition) is 2. The number of amides is 2. The molecular weight excluding hydrogens is 339 g/mol. The van der Waals surface area contributed by atoms with Crippen molar-refractivity contribution in [2.45, 2.75) is 4.83 Å². The van der Waals surface area contributed by atoms with E-state index < -0.39 is 10.7 Å². The van der Waals surface area contributed by atoms with Gasteiger partial charge in [-0.3, -0.25) is 9.59 Å². The van der Waals surface area contributed by atoms with Gasteiger partial charge < -0.3 is 11.1 Å². The van der Waals surface area contributed by atoms with Gasteiger partial charge >= 0.3 is 0 Å². The lowest BCUT2D eigenvalue weighted by Gasteiger charge is -2.13. The van der Waals surface area contributed by atoms with Crippen LogP contribution in [0.2, 0.25) is 0 Å². The minimum atomic E-state index is -0.668. The molecule has 0 bridgehead atoms. The molecule has 0 spiro atoms. The van der Waals surface area contributed by atoms with Gasteiger partial charge in [0.15, 0.2) is 0 Å². The molecule has 6 heteroatoms. The molecule has 1 atom stereocenters. The molecule has 0 saturated heterocycles. The van der Waals surface area contributed by atoms with Crippen molar-refractivity contribution >= 4 is 33.4 Å². The fourth-order valence-electron chi connectivity index (χ4n) is 1.79. The van der Waals surface area contributed by atoms with Gasteiger partial charge in [0.2, 0.25) is 5.91 Å². The third kappa shape index (κ3) is 3.66. The summed E-state index contributed by atoms with van der Waals surface area (Å²) in [5, 5.41) is 2.62. The molecule has 21 heavy (non-hydrogen) atoms. The summed E-state index contributed by atoms with van der Waals surface area (Å²) in [6.45, 7) is 0. The van der Waals surface area contributed by atoms with Gasteiger partial charge in [-0.2, -0.15) is 0 Å². The van der Waals surface area contributed by atoms with E-state index in [0.717, 1.165) is 0 Å². The molecule has 0 aliphatic heterocycles.